The molecule has 2 unspecified atom stereocenters. The average Bonchev–Trinajstić information content (AvgIpc) is 2.51. The molecule has 0 bridgehead atoms. The SMILES string of the molecule is CC(CCCCC#N)COC(=O)OCC(C)CCCCC#N. The Morgan fingerprint density at radius 1 is 0.864 bits per heavy atom. The number of carbonyl (C=O) groups excluding carboxylic acids is 1. The van der Waals surface area contributed by atoms with Crippen molar-refractivity contribution in [2.24, 2.45) is 11.8 Å². The number of nitrogens with zero attached hydrogens (tertiary/aromatic N) is 2. The predicted molar refractivity (Wildman–Crippen MR) is 83.8 cm³/mol. The van der Waals surface area contributed by atoms with Gasteiger partial charge >= 0.3 is 6.16 Å². The van der Waals surface area contributed by atoms with Crippen molar-refractivity contribution < 1.29 is 14.3 Å². The quantitative estimate of drug-likeness (QED) is 0.389. The highest BCUT2D eigenvalue weighted by Crippen LogP contribution is 2.12. The fraction of sp³-hybridized carbons (Fsp3) is 0.824. The Morgan fingerprint density at radius 2 is 1.27 bits per heavy atom. The van der Waals surface area contributed by atoms with E-state index in [1.54, 1.807) is 0 Å². The maximum Gasteiger partial charge on any atom is 0.508 e. The Hall–Kier alpha value is -1.75. The van der Waals surface area contributed by atoms with E-state index in [9.17, 15) is 4.79 Å². The van der Waals surface area contributed by atoms with Crippen LogP contribution >= 0.6 is 0 Å². The van der Waals surface area contributed by atoms with Crippen LogP contribution in [0.15, 0.2) is 0 Å². The number of hydrogen-bond donors (Lipinski definition) is 0. The summed E-state index contributed by atoms with van der Waals surface area (Å²) >= 11 is 0. The Labute approximate surface area is 134 Å². The molecule has 0 aromatic carbocycles. The van der Waals surface area contributed by atoms with Crippen LogP contribution in [-0.2, 0) is 9.47 Å². The second-order valence-electron chi connectivity index (χ2n) is 5.89. The van der Waals surface area contributed by atoms with Gasteiger partial charge in [-0.2, -0.15) is 10.5 Å². The summed E-state index contributed by atoms with van der Waals surface area (Å²) in [5.41, 5.74) is 0. The van der Waals surface area contributed by atoms with Crippen molar-refractivity contribution in [3.63, 3.8) is 0 Å². The van der Waals surface area contributed by atoms with Crippen molar-refractivity contribution in [1.29, 1.82) is 10.5 Å². The molecule has 0 aliphatic rings. The molecule has 0 aliphatic carbocycles. The zero-order valence-electron chi connectivity index (χ0n) is 13.8. The topological polar surface area (TPSA) is 83.1 Å². The predicted octanol–water partition coefficient (Wildman–Crippen LogP) is 4.58. The second-order valence-corrected chi connectivity index (χ2v) is 5.89. The van der Waals surface area contributed by atoms with Gasteiger partial charge < -0.3 is 9.47 Å². The smallest absolute Gasteiger partial charge is 0.434 e. The minimum absolute atomic E-state index is 0.287. The molecule has 0 amide bonds. The summed E-state index contributed by atoms with van der Waals surface area (Å²) in [5, 5.41) is 16.9. The van der Waals surface area contributed by atoms with Crippen LogP contribution in [0.5, 0.6) is 0 Å². The van der Waals surface area contributed by atoms with Crippen molar-refractivity contribution in [3.8, 4) is 12.1 Å². The number of unbranched alkanes of at least 4 members (excludes halogenated alkanes) is 4. The lowest BCUT2D eigenvalue weighted by atomic mass is 10.0. The fourth-order valence-corrected chi connectivity index (χ4v) is 2.02. The number of carbonyl (C=O) groups is 1. The molecule has 0 heterocycles. The van der Waals surface area contributed by atoms with Gasteiger partial charge in [-0.05, 0) is 37.5 Å². The molecule has 0 N–H and O–H groups in total. The normalized spacial score (nSPS) is 12.7. The molecule has 5 nitrogen and oxygen atoms in total. The third-order valence-electron chi connectivity index (χ3n) is 3.44. The first kappa shape index (κ1) is 20.2. The van der Waals surface area contributed by atoms with Crippen molar-refractivity contribution in [2.45, 2.75) is 65.2 Å². The minimum Gasteiger partial charge on any atom is -0.434 e. The maximum atomic E-state index is 11.5. The van der Waals surface area contributed by atoms with Crippen molar-refractivity contribution >= 4 is 6.16 Å². The lowest BCUT2D eigenvalue weighted by Crippen LogP contribution is -2.16. The van der Waals surface area contributed by atoms with Gasteiger partial charge in [0.1, 0.15) is 0 Å². The summed E-state index contributed by atoms with van der Waals surface area (Å²) in [6.07, 6.45) is 6.22. The molecule has 0 fully saturated rings. The summed E-state index contributed by atoms with van der Waals surface area (Å²) in [5.74, 6) is 0.573. The van der Waals surface area contributed by atoms with Gasteiger partial charge in [-0.15, -0.1) is 0 Å². The molecule has 5 heteroatoms. The van der Waals surface area contributed by atoms with Gasteiger partial charge in [0.05, 0.1) is 25.4 Å². The van der Waals surface area contributed by atoms with Crippen LogP contribution in [0.25, 0.3) is 0 Å². The molecular weight excluding hydrogens is 280 g/mol. The monoisotopic (exact) mass is 308 g/mol. The van der Waals surface area contributed by atoms with E-state index in [0.29, 0.717) is 26.1 Å². The Kier molecular flexibility index (Phi) is 13.1. The van der Waals surface area contributed by atoms with Crippen LogP contribution in [0.1, 0.15) is 65.2 Å². The minimum atomic E-state index is -0.604. The second kappa shape index (κ2) is 14.2. The van der Waals surface area contributed by atoms with Crippen molar-refractivity contribution in [1.82, 2.24) is 0 Å². The number of nitriles is 2. The summed E-state index contributed by atoms with van der Waals surface area (Å²) < 4.78 is 10.2. The van der Waals surface area contributed by atoms with Gasteiger partial charge in [0.2, 0.25) is 0 Å². The summed E-state index contributed by atoms with van der Waals surface area (Å²) in [6, 6.07) is 4.24. The molecule has 0 spiro atoms. The van der Waals surface area contributed by atoms with Gasteiger partial charge in [0, 0.05) is 12.8 Å². The van der Waals surface area contributed by atoms with E-state index in [1.807, 2.05) is 13.8 Å². The molecule has 0 saturated heterocycles. The molecule has 0 aliphatic heterocycles. The molecule has 0 aromatic heterocycles. The van der Waals surface area contributed by atoms with E-state index in [0.717, 1.165) is 38.5 Å². The van der Waals surface area contributed by atoms with Crippen molar-refractivity contribution in [3.05, 3.63) is 0 Å². The highest BCUT2D eigenvalue weighted by molar-refractivity contribution is 5.59. The van der Waals surface area contributed by atoms with Gasteiger partial charge in [-0.1, -0.05) is 26.7 Å². The third-order valence-corrected chi connectivity index (χ3v) is 3.44. The molecular formula is C17H28N2O3. The van der Waals surface area contributed by atoms with Crippen LogP contribution in [-0.4, -0.2) is 19.4 Å². The van der Waals surface area contributed by atoms with E-state index in [-0.39, 0.29) is 11.8 Å². The van der Waals surface area contributed by atoms with Crippen LogP contribution < -0.4 is 0 Å². The van der Waals surface area contributed by atoms with Crippen molar-refractivity contribution in [2.75, 3.05) is 13.2 Å². The van der Waals surface area contributed by atoms with E-state index >= 15 is 0 Å². The fourth-order valence-electron chi connectivity index (χ4n) is 2.02. The Balaban J connectivity index is 3.56. The molecule has 22 heavy (non-hydrogen) atoms. The van der Waals surface area contributed by atoms with Gasteiger partial charge in [-0.3, -0.25) is 0 Å². The average molecular weight is 308 g/mol. The van der Waals surface area contributed by atoms with Gasteiger partial charge in [0.25, 0.3) is 0 Å². The maximum absolute atomic E-state index is 11.5. The summed E-state index contributed by atoms with van der Waals surface area (Å²) in [4.78, 5) is 11.5. The molecule has 0 saturated carbocycles. The molecule has 0 aromatic rings. The summed E-state index contributed by atoms with van der Waals surface area (Å²) in [7, 11) is 0. The number of hydrogen-bond acceptors (Lipinski definition) is 5. The first-order valence-corrected chi connectivity index (χ1v) is 8.13. The molecule has 0 rings (SSSR count). The zero-order valence-corrected chi connectivity index (χ0v) is 13.8. The van der Waals surface area contributed by atoms with Gasteiger partial charge in [-0.25, -0.2) is 4.79 Å². The standard InChI is InChI=1S/C17H28N2O3/c1-15(9-5-3-7-11-18)13-21-17(20)22-14-16(2)10-6-4-8-12-19/h15-16H,3-10,13-14H2,1-2H3. The first-order valence-electron chi connectivity index (χ1n) is 8.13. The Bertz CT molecular complexity index is 337. The lowest BCUT2D eigenvalue weighted by Gasteiger charge is -2.14. The van der Waals surface area contributed by atoms with Gasteiger partial charge in [0.15, 0.2) is 0 Å². The Morgan fingerprint density at radius 3 is 1.64 bits per heavy atom. The van der Waals surface area contributed by atoms with E-state index in [1.165, 1.54) is 0 Å². The van der Waals surface area contributed by atoms with Crippen LogP contribution in [0, 0.1) is 34.5 Å². The number of rotatable bonds is 12. The molecule has 124 valence electrons. The van der Waals surface area contributed by atoms with Crippen LogP contribution in [0.4, 0.5) is 4.79 Å². The highest BCUT2D eigenvalue weighted by Gasteiger charge is 2.10. The molecule has 2 atom stereocenters. The molecule has 0 radical (unpaired) electrons. The lowest BCUT2D eigenvalue weighted by molar-refractivity contribution is 0.0357. The van der Waals surface area contributed by atoms with E-state index in [4.69, 9.17) is 20.0 Å². The zero-order chi connectivity index (χ0) is 16.6. The van der Waals surface area contributed by atoms with Crippen LogP contribution in [0.3, 0.4) is 0 Å². The highest BCUT2D eigenvalue weighted by atomic mass is 16.7. The number of ether oxygens (including phenoxy) is 2. The summed E-state index contributed by atoms with van der Waals surface area (Å²) in [6.45, 7) is 4.78. The van der Waals surface area contributed by atoms with E-state index < -0.39 is 6.16 Å². The van der Waals surface area contributed by atoms with E-state index in [2.05, 4.69) is 12.1 Å². The third kappa shape index (κ3) is 13.2. The van der Waals surface area contributed by atoms with Crippen LogP contribution in [0.2, 0.25) is 0 Å². The first-order chi connectivity index (χ1) is 10.6. The largest absolute Gasteiger partial charge is 0.508 e.